The van der Waals surface area contributed by atoms with Gasteiger partial charge in [0.2, 0.25) is 11.5 Å². The van der Waals surface area contributed by atoms with E-state index < -0.39 is 5.91 Å². The third-order valence-electron chi connectivity index (χ3n) is 2.08. The number of hydrogen-bond donors (Lipinski definition) is 2. The van der Waals surface area contributed by atoms with Crippen molar-refractivity contribution in [1.82, 2.24) is 4.98 Å². The number of primary amides is 1. The van der Waals surface area contributed by atoms with Gasteiger partial charge in [0.25, 0.3) is 0 Å². The van der Waals surface area contributed by atoms with Crippen LogP contribution in [0, 0.1) is 11.3 Å². The van der Waals surface area contributed by atoms with Gasteiger partial charge in [0.1, 0.15) is 6.07 Å². The molecule has 104 valence electrons. The summed E-state index contributed by atoms with van der Waals surface area (Å²) in [5, 5.41) is 9.50. The molecule has 0 aromatic carbocycles. The van der Waals surface area contributed by atoms with Crippen LogP contribution in [-0.2, 0) is 11.2 Å². The molecule has 0 aliphatic rings. The van der Waals surface area contributed by atoms with Gasteiger partial charge in [0, 0.05) is 6.07 Å². The topological polar surface area (TPSA) is 99.7 Å². The normalized spacial score (nSPS) is 9.16. The van der Waals surface area contributed by atoms with E-state index >= 15 is 0 Å². The maximum Gasteiger partial charge on any atom is 0.249 e. The molecule has 0 unspecified atom stereocenters. The van der Waals surface area contributed by atoms with Crippen LogP contribution in [0.5, 0.6) is 0 Å². The van der Waals surface area contributed by atoms with Gasteiger partial charge < -0.3 is 10.7 Å². The third-order valence-corrected chi connectivity index (χ3v) is 3.10. The minimum Gasteiger partial charge on any atom is -0.369 e. The molecule has 0 bridgehead atoms. The molecule has 0 saturated carbocycles. The molecule has 1 amide bonds. The van der Waals surface area contributed by atoms with Gasteiger partial charge in [0.15, 0.2) is 0 Å². The number of aromatic amines is 1. The lowest BCUT2D eigenvalue weighted by molar-refractivity contribution is -0.115. The van der Waals surface area contributed by atoms with Crippen LogP contribution in [0.4, 0.5) is 0 Å². The second kappa shape index (κ2) is 9.22. The van der Waals surface area contributed by atoms with E-state index in [9.17, 15) is 9.59 Å². The fraction of sp³-hybridized carbons (Fsp3) is 0.462. The number of thioether (sulfide) groups is 1. The third kappa shape index (κ3) is 5.62. The summed E-state index contributed by atoms with van der Waals surface area (Å²) in [7, 11) is 0. The number of nitrogens with two attached hydrogens (primary N) is 1. The quantitative estimate of drug-likeness (QED) is 0.804. The van der Waals surface area contributed by atoms with Crippen LogP contribution in [0.1, 0.15) is 38.3 Å². The number of carbonyl (C=O) groups is 1. The highest BCUT2D eigenvalue weighted by Crippen LogP contribution is 2.21. The molecule has 0 saturated heterocycles. The highest BCUT2D eigenvalue weighted by atomic mass is 32.2. The Labute approximate surface area is 117 Å². The van der Waals surface area contributed by atoms with Crippen molar-refractivity contribution in [1.29, 1.82) is 5.26 Å². The fourth-order valence-corrected chi connectivity index (χ4v) is 2.21. The van der Waals surface area contributed by atoms with Gasteiger partial charge in [-0.05, 0) is 12.0 Å². The zero-order valence-corrected chi connectivity index (χ0v) is 12.3. The number of pyridine rings is 1. The smallest absolute Gasteiger partial charge is 0.249 e. The van der Waals surface area contributed by atoms with Crippen molar-refractivity contribution >= 4 is 17.7 Å². The summed E-state index contributed by atoms with van der Waals surface area (Å²) in [6.45, 7) is 5.97. The highest BCUT2D eigenvalue weighted by Gasteiger charge is 2.11. The van der Waals surface area contributed by atoms with Crippen LogP contribution >= 0.6 is 11.8 Å². The van der Waals surface area contributed by atoms with E-state index in [0.717, 1.165) is 18.2 Å². The number of nitrogens with one attached hydrogen (secondary N) is 1. The van der Waals surface area contributed by atoms with Crippen molar-refractivity contribution < 1.29 is 4.79 Å². The Kier molecular flexibility index (Phi) is 8.38. The summed E-state index contributed by atoms with van der Waals surface area (Å²) in [5.41, 5.74) is 5.91. The van der Waals surface area contributed by atoms with Crippen LogP contribution in [0.2, 0.25) is 0 Å². The summed E-state index contributed by atoms with van der Waals surface area (Å²) in [4.78, 5) is 24.7. The Bertz CT molecular complexity index is 518. The van der Waals surface area contributed by atoms with Crippen molar-refractivity contribution in [2.45, 2.75) is 38.6 Å². The van der Waals surface area contributed by atoms with Gasteiger partial charge in [-0.3, -0.25) is 9.59 Å². The van der Waals surface area contributed by atoms with Crippen molar-refractivity contribution in [2.24, 2.45) is 5.73 Å². The van der Waals surface area contributed by atoms with E-state index in [0.29, 0.717) is 22.6 Å². The molecule has 0 aliphatic heterocycles. The Morgan fingerprint density at radius 2 is 2.16 bits per heavy atom. The monoisotopic (exact) mass is 281 g/mol. The number of carbonyl (C=O) groups excluding carboxylic acids is 1. The minimum atomic E-state index is -0.486. The van der Waals surface area contributed by atoms with Crippen molar-refractivity contribution in [3.05, 3.63) is 27.5 Å². The van der Waals surface area contributed by atoms with E-state index in [4.69, 9.17) is 11.0 Å². The molecule has 1 rings (SSSR count). The molecule has 1 aromatic heterocycles. The van der Waals surface area contributed by atoms with Gasteiger partial charge in [-0.15, -0.1) is 0 Å². The second-order valence-corrected chi connectivity index (χ2v) is 4.47. The summed E-state index contributed by atoms with van der Waals surface area (Å²) >= 11 is 1.08. The number of nitrogens with zero attached hydrogens (tertiary/aromatic N) is 1. The predicted molar refractivity (Wildman–Crippen MR) is 77.0 cm³/mol. The molecule has 19 heavy (non-hydrogen) atoms. The van der Waals surface area contributed by atoms with E-state index in [2.05, 4.69) is 11.1 Å². The largest absolute Gasteiger partial charge is 0.369 e. The van der Waals surface area contributed by atoms with Crippen molar-refractivity contribution in [3.63, 3.8) is 0 Å². The van der Waals surface area contributed by atoms with Gasteiger partial charge >= 0.3 is 0 Å². The first-order valence-electron chi connectivity index (χ1n) is 6.15. The first kappa shape index (κ1) is 17.3. The number of H-pyrrole nitrogens is 1. The fourth-order valence-electron chi connectivity index (χ4n) is 1.43. The van der Waals surface area contributed by atoms with Crippen LogP contribution in [0.15, 0.2) is 15.9 Å². The van der Waals surface area contributed by atoms with Crippen LogP contribution in [-0.4, -0.2) is 16.6 Å². The SMILES string of the molecule is CC.CCCc1cc(=O)[nH]c(SCC(N)=O)c1C#N. The predicted octanol–water partition coefficient (Wildman–Crippen LogP) is 1.80. The Hall–Kier alpha value is -1.74. The maximum atomic E-state index is 11.4. The molecule has 1 aromatic rings. The van der Waals surface area contributed by atoms with Gasteiger partial charge in [-0.2, -0.15) is 5.26 Å². The maximum absolute atomic E-state index is 11.4. The van der Waals surface area contributed by atoms with Gasteiger partial charge in [-0.1, -0.05) is 39.0 Å². The van der Waals surface area contributed by atoms with E-state index in [-0.39, 0.29) is 11.3 Å². The standard InChI is InChI=1S/C11H13N3O2S.C2H6/c1-2-3-7-4-10(16)14-11(8(7)5-12)17-6-9(13)15;1-2/h4H,2-3,6H2,1H3,(H2,13,15)(H,14,16);1-2H3. The average Bonchev–Trinajstić information content (AvgIpc) is 2.38. The van der Waals surface area contributed by atoms with E-state index in [1.54, 1.807) is 0 Å². The molecular formula is C13H19N3O2S. The highest BCUT2D eigenvalue weighted by molar-refractivity contribution is 7.99. The zero-order chi connectivity index (χ0) is 14.8. The number of aromatic nitrogens is 1. The molecule has 0 aliphatic carbocycles. The summed E-state index contributed by atoms with van der Waals surface area (Å²) in [6, 6.07) is 3.48. The van der Waals surface area contributed by atoms with Gasteiger partial charge in [-0.25, -0.2) is 0 Å². The summed E-state index contributed by atoms with van der Waals surface area (Å²) in [6.07, 6.45) is 1.51. The number of aryl methyl sites for hydroxylation is 1. The molecule has 5 nitrogen and oxygen atoms in total. The molecular weight excluding hydrogens is 262 g/mol. The lowest BCUT2D eigenvalue weighted by atomic mass is 10.1. The molecule has 1 heterocycles. The molecule has 0 fully saturated rings. The van der Waals surface area contributed by atoms with Crippen LogP contribution < -0.4 is 11.3 Å². The van der Waals surface area contributed by atoms with Gasteiger partial charge in [0.05, 0.1) is 16.3 Å². The van der Waals surface area contributed by atoms with Crippen LogP contribution in [0.3, 0.4) is 0 Å². The average molecular weight is 281 g/mol. The minimum absolute atomic E-state index is 0.0419. The Morgan fingerprint density at radius 1 is 1.53 bits per heavy atom. The summed E-state index contributed by atoms with van der Waals surface area (Å²) < 4.78 is 0. The Balaban J connectivity index is 0.00000154. The molecule has 0 spiro atoms. The molecule has 0 atom stereocenters. The number of nitriles is 1. The molecule has 0 radical (unpaired) electrons. The van der Waals surface area contributed by atoms with Crippen molar-refractivity contribution in [3.8, 4) is 6.07 Å². The number of amides is 1. The first-order chi connectivity index (χ1) is 9.08. The van der Waals surface area contributed by atoms with E-state index in [1.807, 2.05) is 20.8 Å². The first-order valence-corrected chi connectivity index (χ1v) is 7.14. The van der Waals surface area contributed by atoms with Crippen LogP contribution in [0.25, 0.3) is 0 Å². The zero-order valence-electron chi connectivity index (χ0n) is 11.4. The van der Waals surface area contributed by atoms with E-state index in [1.165, 1.54) is 6.07 Å². The number of rotatable bonds is 5. The Morgan fingerprint density at radius 3 is 2.63 bits per heavy atom. The summed E-state index contributed by atoms with van der Waals surface area (Å²) in [5.74, 6) is -0.444. The lowest BCUT2D eigenvalue weighted by Gasteiger charge is -2.06. The molecule has 3 N–H and O–H groups in total. The molecule has 6 heteroatoms. The number of hydrogen-bond acceptors (Lipinski definition) is 4. The lowest BCUT2D eigenvalue weighted by Crippen LogP contribution is -2.15. The second-order valence-electron chi connectivity index (χ2n) is 3.48. The van der Waals surface area contributed by atoms with Crippen molar-refractivity contribution in [2.75, 3.05) is 5.75 Å².